The third-order valence-corrected chi connectivity index (χ3v) is 3.38. The largest absolute Gasteiger partial charge is 0.393 e. The summed E-state index contributed by atoms with van der Waals surface area (Å²) >= 11 is 5.04. The molecular formula is C16H25N3OS. The molecule has 0 bridgehead atoms. The normalized spacial score (nSPS) is 12.4. The number of benzene rings is 1. The Labute approximate surface area is 132 Å². The molecule has 1 aromatic rings. The van der Waals surface area contributed by atoms with Crippen molar-refractivity contribution < 1.29 is 4.79 Å². The number of likely N-dealkylation sites (N-methyl/N-ethyl adjacent to an activating group) is 1. The van der Waals surface area contributed by atoms with Crippen molar-refractivity contribution in [1.82, 2.24) is 10.2 Å². The Hall–Kier alpha value is -1.46. The number of carbonyl (C=O) groups is 1. The van der Waals surface area contributed by atoms with Gasteiger partial charge in [0.2, 0.25) is 5.91 Å². The van der Waals surface area contributed by atoms with Crippen molar-refractivity contribution in [3.05, 3.63) is 35.9 Å². The summed E-state index contributed by atoms with van der Waals surface area (Å²) in [6.07, 6.45) is 0.563. The third kappa shape index (κ3) is 6.69. The van der Waals surface area contributed by atoms with Gasteiger partial charge >= 0.3 is 0 Å². The van der Waals surface area contributed by atoms with E-state index in [1.165, 1.54) is 0 Å². The molecule has 3 N–H and O–H groups in total. The summed E-state index contributed by atoms with van der Waals surface area (Å²) in [6.45, 7) is 5.17. The van der Waals surface area contributed by atoms with Crippen molar-refractivity contribution in [2.45, 2.75) is 26.3 Å². The van der Waals surface area contributed by atoms with Gasteiger partial charge in [-0.05, 0) is 18.5 Å². The van der Waals surface area contributed by atoms with E-state index in [-0.39, 0.29) is 11.9 Å². The van der Waals surface area contributed by atoms with Gasteiger partial charge in [-0.1, -0.05) is 56.4 Å². The van der Waals surface area contributed by atoms with Crippen LogP contribution in [0.5, 0.6) is 0 Å². The number of hydrogen-bond acceptors (Lipinski definition) is 3. The molecule has 5 heteroatoms. The van der Waals surface area contributed by atoms with Gasteiger partial charge in [0, 0.05) is 19.0 Å². The van der Waals surface area contributed by atoms with E-state index in [4.69, 9.17) is 18.0 Å². The maximum atomic E-state index is 12.0. The fourth-order valence-electron chi connectivity index (χ4n) is 2.10. The average molecular weight is 307 g/mol. The van der Waals surface area contributed by atoms with Gasteiger partial charge in [-0.15, -0.1) is 0 Å². The molecule has 0 aliphatic carbocycles. The van der Waals surface area contributed by atoms with Crippen molar-refractivity contribution in [2.24, 2.45) is 11.7 Å². The summed E-state index contributed by atoms with van der Waals surface area (Å²) in [5.74, 6) is 0.468. The number of carbonyl (C=O) groups excluding carboxylic acids is 1. The Kier molecular flexibility index (Phi) is 7.32. The molecule has 0 spiro atoms. The number of nitrogens with zero attached hydrogens (tertiary/aromatic N) is 1. The van der Waals surface area contributed by atoms with Gasteiger partial charge in [-0.3, -0.25) is 9.69 Å². The zero-order valence-electron chi connectivity index (χ0n) is 13.0. The van der Waals surface area contributed by atoms with E-state index >= 15 is 0 Å². The molecule has 1 aromatic carbocycles. The number of nitrogens with two attached hydrogens (primary N) is 1. The standard InChI is InChI=1S/C16H25N3OS/c1-12(2)10-18-16(20)11-19(3)14(9-15(17)21)13-7-5-4-6-8-13/h4-8,12,14H,9-11H2,1-3H3,(H2,17,21)(H,18,20). The molecule has 0 heterocycles. The van der Waals surface area contributed by atoms with Crippen LogP contribution in [0, 0.1) is 5.92 Å². The molecule has 1 atom stereocenters. The highest BCUT2D eigenvalue weighted by Gasteiger charge is 2.20. The summed E-state index contributed by atoms with van der Waals surface area (Å²) in [7, 11) is 1.92. The number of nitrogens with one attached hydrogen (secondary N) is 1. The van der Waals surface area contributed by atoms with Crippen LogP contribution in [0.2, 0.25) is 0 Å². The van der Waals surface area contributed by atoms with Crippen molar-refractivity contribution in [1.29, 1.82) is 0 Å². The molecule has 116 valence electrons. The number of rotatable bonds is 8. The summed E-state index contributed by atoms with van der Waals surface area (Å²) in [5.41, 5.74) is 6.82. The SMILES string of the molecule is CC(C)CNC(=O)CN(C)C(CC(N)=S)c1ccccc1. The summed E-state index contributed by atoms with van der Waals surface area (Å²) < 4.78 is 0. The Morgan fingerprint density at radius 2 is 1.95 bits per heavy atom. The van der Waals surface area contributed by atoms with Crippen LogP contribution >= 0.6 is 12.2 Å². The zero-order valence-corrected chi connectivity index (χ0v) is 13.8. The van der Waals surface area contributed by atoms with Crippen molar-refractivity contribution >= 4 is 23.1 Å². The molecule has 1 unspecified atom stereocenters. The highest BCUT2D eigenvalue weighted by atomic mass is 32.1. The van der Waals surface area contributed by atoms with Gasteiger partial charge in [-0.25, -0.2) is 0 Å². The Morgan fingerprint density at radius 1 is 1.33 bits per heavy atom. The van der Waals surface area contributed by atoms with E-state index < -0.39 is 0 Å². The van der Waals surface area contributed by atoms with Crippen LogP contribution in [-0.4, -0.2) is 35.9 Å². The topological polar surface area (TPSA) is 58.4 Å². The summed E-state index contributed by atoms with van der Waals surface area (Å²) in [5, 5.41) is 2.93. The zero-order chi connectivity index (χ0) is 15.8. The van der Waals surface area contributed by atoms with Crippen molar-refractivity contribution in [3.63, 3.8) is 0 Å². The van der Waals surface area contributed by atoms with Crippen LogP contribution in [0.15, 0.2) is 30.3 Å². The van der Waals surface area contributed by atoms with Crippen LogP contribution < -0.4 is 11.1 Å². The first kappa shape index (κ1) is 17.6. The molecular weight excluding hydrogens is 282 g/mol. The van der Waals surface area contributed by atoms with Gasteiger partial charge < -0.3 is 11.1 Å². The van der Waals surface area contributed by atoms with Crippen LogP contribution in [-0.2, 0) is 4.79 Å². The lowest BCUT2D eigenvalue weighted by Gasteiger charge is -2.28. The number of amides is 1. The second kappa shape index (κ2) is 8.74. The Bertz CT molecular complexity index is 462. The third-order valence-electron chi connectivity index (χ3n) is 3.21. The number of thiocarbonyl (C=S) groups is 1. The predicted molar refractivity (Wildman–Crippen MR) is 91.1 cm³/mol. The summed E-state index contributed by atoms with van der Waals surface area (Å²) in [6, 6.07) is 10.0. The maximum absolute atomic E-state index is 12.0. The van der Waals surface area contributed by atoms with E-state index in [2.05, 4.69) is 19.2 Å². The Balaban J connectivity index is 2.70. The molecule has 1 amide bonds. The molecule has 0 radical (unpaired) electrons. The first-order chi connectivity index (χ1) is 9.90. The molecule has 0 aromatic heterocycles. The first-order valence-electron chi connectivity index (χ1n) is 7.20. The van der Waals surface area contributed by atoms with Gasteiger partial charge in [0.1, 0.15) is 0 Å². The summed E-state index contributed by atoms with van der Waals surface area (Å²) in [4.78, 5) is 14.4. The van der Waals surface area contributed by atoms with Gasteiger partial charge in [0.25, 0.3) is 0 Å². The lowest BCUT2D eigenvalue weighted by atomic mass is 10.0. The monoisotopic (exact) mass is 307 g/mol. The van der Waals surface area contributed by atoms with Crippen molar-refractivity contribution in [2.75, 3.05) is 20.1 Å². The van der Waals surface area contributed by atoms with Crippen molar-refractivity contribution in [3.8, 4) is 0 Å². The molecule has 0 fully saturated rings. The predicted octanol–water partition coefficient (Wildman–Crippen LogP) is 2.11. The smallest absolute Gasteiger partial charge is 0.234 e. The highest BCUT2D eigenvalue weighted by Crippen LogP contribution is 2.22. The number of hydrogen-bond donors (Lipinski definition) is 2. The van der Waals surface area contributed by atoms with Crippen LogP contribution in [0.1, 0.15) is 31.9 Å². The minimum absolute atomic E-state index is 0.0218. The molecule has 4 nitrogen and oxygen atoms in total. The average Bonchev–Trinajstić information content (AvgIpc) is 2.43. The van der Waals surface area contributed by atoms with E-state index in [1.807, 2.05) is 42.3 Å². The quantitative estimate of drug-likeness (QED) is 0.722. The molecule has 0 aliphatic heterocycles. The Morgan fingerprint density at radius 3 is 2.48 bits per heavy atom. The maximum Gasteiger partial charge on any atom is 0.234 e. The second-order valence-corrected chi connectivity index (χ2v) is 6.23. The minimum atomic E-state index is 0.0218. The minimum Gasteiger partial charge on any atom is -0.393 e. The lowest BCUT2D eigenvalue weighted by Crippen LogP contribution is -2.39. The molecule has 0 aliphatic rings. The van der Waals surface area contributed by atoms with E-state index in [9.17, 15) is 4.79 Å². The lowest BCUT2D eigenvalue weighted by molar-refractivity contribution is -0.122. The fourth-order valence-corrected chi connectivity index (χ4v) is 2.26. The fraction of sp³-hybridized carbons (Fsp3) is 0.500. The van der Waals surface area contributed by atoms with E-state index in [1.54, 1.807) is 0 Å². The molecule has 1 rings (SSSR count). The van der Waals surface area contributed by atoms with Gasteiger partial charge in [0.05, 0.1) is 11.5 Å². The molecule has 0 saturated heterocycles. The second-order valence-electron chi connectivity index (χ2n) is 5.71. The van der Waals surface area contributed by atoms with Crippen LogP contribution in [0.3, 0.4) is 0 Å². The van der Waals surface area contributed by atoms with Crippen LogP contribution in [0.4, 0.5) is 0 Å². The van der Waals surface area contributed by atoms with Gasteiger partial charge in [-0.2, -0.15) is 0 Å². The first-order valence-corrected chi connectivity index (χ1v) is 7.61. The molecule has 21 heavy (non-hydrogen) atoms. The van der Waals surface area contributed by atoms with E-state index in [0.717, 1.165) is 5.56 Å². The highest BCUT2D eigenvalue weighted by molar-refractivity contribution is 7.80. The van der Waals surface area contributed by atoms with Crippen LogP contribution in [0.25, 0.3) is 0 Å². The molecule has 0 saturated carbocycles. The van der Waals surface area contributed by atoms with Gasteiger partial charge in [0.15, 0.2) is 0 Å². The van der Waals surface area contributed by atoms with E-state index in [0.29, 0.717) is 30.4 Å².